The first kappa shape index (κ1) is 13.6. The Kier molecular flexibility index (Phi) is 3.37. The van der Waals surface area contributed by atoms with Crippen LogP contribution in [-0.4, -0.2) is 20.7 Å². The summed E-state index contributed by atoms with van der Waals surface area (Å²) in [6.07, 6.45) is 4.76. The molecule has 3 N–H and O–H groups in total. The first-order chi connectivity index (χ1) is 10.1. The molecule has 1 aliphatic rings. The predicted octanol–water partition coefficient (Wildman–Crippen LogP) is 1.71. The lowest BCUT2D eigenvalue weighted by Gasteiger charge is -2.25. The highest BCUT2D eigenvalue weighted by Gasteiger charge is 2.26. The quantitative estimate of drug-likeness (QED) is 0.899. The van der Waals surface area contributed by atoms with Crippen LogP contribution in [0.25, 0.3) is 0 Å². The van der Waals surface area contributed by atoms with Gasteiger partial charge in [0, 0.05) is 24.5 Å². The fourth-order valence-corrected chi connectivity index (χ4v) is 3.04. The largest absolute Gasteiger partial charge is 0.366 e. The van der Waals surface area contributed by atoms with E-state index in [-0.39, 0.29) is 6.04 Å². The number of nitrogens with one attached hydrogen (secondary N) is 1. The van der Waals surface area contributed by atoms with E-state index < -0.39 is 5.91 Å². The van der Waals surface area contributed by atoms with Crippen LogP contribution in [-0.2, 0) is 13.5 Å². The summed E-state index contributed by atoms with van der Waals surface area (Å²) in [5, 5.41) is 7.96. The van der Waals surface area contributed by atoms with E-state index in [4.69, 9.17) is 5.73 Å². The van der Waals surface area contributed by atoms with Gasteiger partial charge in [0.2, 0.25) is 5.91 Å². The molecule has 0 aliphatic heterocycles. The number of hydrogen-bond acceptors (Lipinski definition) is 4. The molecule has 6 nitrogen and oxygen atoms in total. The average Bonchev–Trinajstić information content (AvgIpc) is 2.76. The summed E-state index contributed by atoms with van der Waals surface area (Å²) >= 11 is 0. The number of fused-ring (bicyclic) bond motifs is 1. The number of amides is 1. The van der Waals surface area contributed by atoms with E-state index in [1.54, 1.807) is 12.1 Å². The molecular weight excluding hydrogens is 266 g/mol. The number of carbonyl (C=O) groups is 1. The second-order valence-electron chi connectivity index (χ2n) is 5.45. The molecule has 0 bridgehead atoms. The molecule has 21 heavy (non-hydrogen) atoms. The number of nitrogens with zero attached hydrogens (tertiary/aromatic N) is 3. The molecule has 0 saturated heterocycles. The van der Waals surface area contributed by atoms with Crippen molar-refractivity contribution in [3.63, 3.8) is 0 Å². The zero-order chi connectivity index (χ0) is 15.0. The van der Waals surface area contributed by atoms with Crippen LogP contribution in [0.3, 0.4) is 0 Å². The van der Waals surface area contributed by atoms with Gasteiger partial charge < -0.3 is 11.1 Å². The van der Waals surface area contributed by atoms with Crippen molar-refractivity contribution in [1.82, 2.24) is 14.8 Å². The van der Waals surface area contributed by atoms with Gasteiger partial charge in [0.1, 0.15) is 5.82 Å². The highest BCUT2D eigenvalue weighted by atomic mass is 16.1. The summed E-state index contributed by atoms with van der Waals surface area (Å²) < 4.78 is 1.97. The maximum atomic E-state index is 11.1. The Morgan fingerprint density at radius 1 is 1.48 bits per heavy atom. The first-order valence-electron chi connectivity index (χ1n) is 7.11. The fraction of sp³-hybridized carbons (Fsp3) is 0.400. The predicted molar refractivity (Wildman–Crippen MR) is 80.0 cm³/mol. The molecule has 1 amide bonds. The standard InChI is InChI=1S/C15H19N5O/c1-9-14-11(4-3-5-12(14)20(2)19-9)18-13-7-6-10(8-17-13)15(16)21/h6-8,11H,3-5H2,1-2H3,(H2,16,21)(H,17,18). The van der Waals surface area contributed by atoms with Gasteiger partial charge in [-0.1, -0.05) is 0 Å². The molecule has 0 saturated carbocycles. The van der Waals surface area contributed by atoms with Crippen molar-refractivity contribution in [3.05, 3.63) is 40.8 Å². The summed E-state index contributed by atoms with van der Waals surface area (Å²) in [4.78, 5) is 15.3. The Balaban J connectivity index is 1.85. The molecule has 1 aliphatic carbocycles. The van der Waals surface area contributed by atoms with Gasteiger partial charge >= 0.3 is 0 Å². The molecule has 2 aromatic heterocycles. The Bertz CT molecular complexity index is 674. The summed E-state index contributed by atoms with van der Waals surface area (Å²) in [6.45, 7) is 2.04. The highest BCUT2D eigenvalue weighted by molar-refractivity contribution is 5.92. The lowest BCUT2D eigenvalue weighted by atomic mass is 9.91. The van der Waals surface area contributed by atoms with Crippen molar-refractivity contribution in [1.29, 1.82) is 0 Å². The van der Waals surface area contributed by atoms with E-state index in [1.165, 1.54) is 17.5 Å². The second-order valence-corrected chi connectivity index (χ2v) is 5.45. The molecule has 0 aromatic carbocycles. The van der Waals surface area contributed by atoms with Crippen molar-refractivity contribution in [2.45, 2.75) is 32.2 Å². The summed E-state index contributed by atoms with van der Waals surface area (Å²) in [5.41, 5.74) is 9.29. The number of nitrogens with two attached hydrogens (primary N) is 1. The maximum Gasteiger partial charge on any atom is 0.250 e. The molecule has 6 heteroatoms. The number of anilines is 1. The van der Waals surface area contributed by atoms with Crippen molar-refractivity contribution in [2.75, 3.05) is 5.32 Å². The van der Waals surface area contributed by atoms with Crippen LogP contribution in [0.1, 0.15) is 46.2 Å². The maximum absolute atomic E-state index is 11.1. The topological polar surface area (TPSA) is 85.8 Å². The Labute approximate surface area is 123 Å². The zero-order valence-electron chi connectivity index (χ0n) is 12.3. The van der Waals surface area contributed by atoms with Gasteiger partial charge in [-0.25, -0.2) is 4.98 Å². The van der Waals surface area contributed by atoms with E-state index in [1.807, 2.05) is 18.7 Å². The number of hydrogen-bond donors (Lipinski definition) is 2. The smallest absolute Gasteiger partial charge is 0.250 e. The van der Waals surface area contributed by atoms with Crippen LogP contribution < -0.4 is 11.1 Å². The first-order valence-corrected chi connectivity index (χ1v) is 7.11. The fourth-order valence-electron chi connectivity index (χ4n) is 3.04. The summed E-state index contributed by atoms with van der Waals surface area (Å²) in [5.74, 6) is 0.290. The van der Waals surface area contributed by atoms with Crippen molar-refractivity contribution in [3.8, 4) is 0 Å². The van der Waals surface area contributed by atoms with Crippen molar-refractivity contribution < 1.29 is 4.79 Å². The van der Waals surface area contributed by atoms with Crippen molar-refractivity contribution in [2.24, 2.45) is 12.8 Å². The molecule has 1 unspecified atom stereocenters. The molecular formula is C15H19N5O. The van der Waals surface area contributed by atoms with Crippen LogP contribution >= 0.6 is 0 Å². The molecule has 3 rings (SSSR count). The number of primary amides is 1. The van der Waals surface area contributed by atoms with E-state index in [2.05, 4.69) is 15.4 Å². The highest BCUT2D eigenvalue weighted by Crippen LogP contribution is 2.33. The third kappa shape index (κ3) is 2.49. The van der Waals surface area contributed by atoms with Gasteiger partial charge in [-0.2, -0.15) is 5.10 Å². The normalized spacial score (nSPS) is 17.3. The van der Waals surface area contributed by atoms with Gasteiger partial charge in [-0.3, -0.25) is 9.48 Å². The Hall–Kier alpha value is -2.37. The van der Waals surface area contributed by atoms with Crippen LogP contribution in [0.2, 0.25) is 0 Å². The monoisotopic (exact) mass is 285 g/mol. The Morgan fingerprint density at radius 3 is 2.95 bits per heavy atom. The summed E-state index contributed by atoms with van der Waals surface area (Å²) in [7, 11) is 1.99. The molecule has 0 fully saturated rings. The SMILES string of the molecule is Cc1nn(C)c2c1C(Nc1ccc(C(N)=O)cn1)CCC2. The second kappa shape index (κ2) is 5.20. The lowest BCUT2D eigenvalue weighted by molar-refractivity contribution is 0.1000. The van der Waals surface area contributed by atoms with Gasteiger partial charge in [0.05, 0.1) is 17.3 Å². The van der Waals surface area contributed by atoms with Crippen LogP contribution in [0.15, 0.2) is 18.3 Å². The minimum absolute atomic E-state index is 0.217. The number of rotatable bonds is 3. The molecule has 2 heterocycles. The minimum Gasteiger partial charge on any atom is -0.366 e. The van der Waals surface area contributed by atoms with Gasteiger partial charge in [0.15, 0.2) is 0 Å². The Morgan fingerprint density at radius 2 is 2.29 bits per heavy atom. The van der Waals surface area contributed by atoms with Gasteiger partial charge in [-0.05, 0) is 38.3 Å². The summed E-state index contributed by atoms with van der Waals surface area (Å²) in [6, 6.07) is 3.70. The van der Waals surface area contributed by atoms with E-state index in [0.717, 1.165) is 30.8 Å². The van der Waals surface area contributed by atoms with E-state index in [0.29, 0.717) is 5.56 Å². The van der Waals surface area contributed by atoms with Crippen LogP contribution in [0.5, 0.6) is 0 Å². The van der Waals surface area contributed by atoms with Crippen LogP contribution in [0.4, 0.5) is 5.82 Å². The molecule has 1 atom stereocenters. The third-order valence-electron chi connectivity index (χ3n) is 4.02. The number of aryl methyl sites for hydroxylation is 2. The molecule has 2 aromatic rings. The average molecular weight is 285 g/mol. The van der Waals surface area contributed by atoms with Crippen molar-refractivity contribution >= 4 is 11.7 Å². The third-order valence-corrected chi connectivity index (χ3v) is 4.02. The lowest BCUT2D eigenvalue weighted by Crippen LogP contribution is -2.19. The minimum atomic E-state index is -0.461. The number of carbonyl (C=O) groups excluding carboxylic acids is 1. The molecule has 0 radical (unpaired) electrons. The van der Waals surface area contributed by atoms with Gasteiger partial charge in [-0.15, -0.1) is 0 Å². The number of pyridine rings is 1. The van der Waals surface area contributed by atoms with E-state index >= 15 is 0 Å². The molecule has 0 spiro atoms. The van der Waals surface area contributed by atoms with Crippen LogP contribution in [0, 0.1) is 6.92 Å². The van der Waals surface area contributed by atoms with E-state index in [9.17, 15) is 4.79 Å². The zero-order valence-corrected chi connectivity index (χ0v) is 12.3. The number of aromatic nitrogens is 3. The van der Waals surface area contributed by atoms with Gasteiger partial charge in [0.25, 0.3) is 0 Å². The molecule has 110 valence electrons.